The van der Waals surface area contributed by atoms with E-state index in [9.17, 15) is 21.6 Å². The Hall–Kier alpha value is -0.0136. The van der Waals surface area contributed by atoms with Crippen molar-refractivity contribution in [2.24, 2.45) is 0 Å². The minimum atomic E-state index is -3.81. The molecule has 0 atom stereocenters. The molecule has 2 aliphatic carbocycles. The third-order valence-corrected chi connectivity index (χ3v) is 8.66. The molecule has 4 rings (SSSR count). The third-order valence-electron chi connectivity index (χ3n) is 6.09. The summed E-state index contributed by atoms with van der Waals surface area (Å²) in [6.45, 7) is 0.766. The van der Waals surface area contributed by atoms with E-state index in [4.69, 9.17) is 0 Å². The molecule has 30 heavy (non-hydrogen) atoms. The summed E-state index contributed by atoms with van der Waals surface area (Å²) in [4.78, 5) is 14.3. The number of sulfone groups is 1. The van der Waals surface area contributed by atoms with Gasteiger partial charge in [0, 0.05) is 83.0 Å². The molecule has 1 heterocycles. The maximum absolute atomic E-state index is 12.5. The summed E-state index contributed by atoms with van der Waals surface area (Å²) in [5, 5.41) is 2.13. The molecule has 2 N–H and O–H groups in total. The number of rotatable bonds is 6. The molecular formula is C19H27KN3O5S2. The molecule has 1 saturated heterocycles. The monoisotopic (exact) mass is 480 g/mol. The van der Waals surface area contributed by atoms with E-state index in [-0.39, 0.29) is 70.2 Å². The van der Waals surface area contributed by atoms with Crippen LogP contribution in [0.25, 0.3) is 0 Å². The summed E-state index contributed by atoms with van der Waals surface area (Å²) in [5.41, 5.74) is 5.64. The molecule has 1 fully saturated rings. The van der Waals surface area contributed by atoms with Gasteiger partial charge in [-0.1, -0.05) is 6.07 Å². The Morgan fingerprint density at radius 2 is 1.60 bits per heavy atom. The van der Waals surface area contributed by atoms with Crippen molar-refractivity contribution in [1.82, 2.24) is 9.62 Å². The van der Waals surface area contributed by atoms with Crippen molar-refractivity contribution in [3.05, 3.63) is 28.3 Å². The largest absolute Gasteiger partial charge is 0.332 e. The van der Waals surface area contributed by atoms with Crippen LogP contribution in [0, 0.1) is 0 Å². The molecule has 0 bridgehead atoms. The fourth-order valence-electron chi connectivity index (χ4n) is 4.51. The zero-order valence-electron chi connectivity index (χ0n) is 17.5. The predicted molar refractivity (Wildman–Crippen MR) is 117 cm³/mol. The van der Waals surface area contributed by atoms with E-state index < -0.39 is 31.1 Å². The summed E-state index contributed by atoms with van der Waals surface area (Å²) in [6, 6.07) is 1.54. The first-order valence-electron chi connectivity index (χ1n) is 10.0. The van der Waals surface area contributed by atoms with E-state index in [0.29, 0.717) is 6.54 Å². The summed E-state index contributed by atoms with van der Waals surface area (Å²) in [6.07, 6.45) is 7.08. The molecule has 0 spiro atoms. The van der Waals surface area contributed by atoms with Crippen LogP contribution < -0.4 is 10.0 Å². The maximum Gasteiger partial charge on any atom is 0.332 e. The second-order valence-corrected chi connectivity index (χ2v) is 12.6. The van der Waals surface area contributed by atoms with Gasteiger partial charge in [0.1, 0.15) is 15.1 Å². The molecule has 1 aliphatic heterocycles. The Balaban J connectivity index is 0.00000256. The van der Waals surface area contributed by atoms with Crippen LogP contribution in [0.15, 0.2) is 6.07 Å². The number of sulfonamides is 1. The van der Waals surface area contributed by atoms with Crippen LogP contribution in [0.2, 0.25) is 0 Å². The van der Waals surface area contributed by atoms with Crippen LogP contribution in [0.5, 0.6) is 0 Å². The average Bonchev–Trinajstić information content (AvgIpc) is 3.19. The average molecular weight is 481 g/mol. The molecule has 2 amide bonds. The van der Waals surface area contributed by atoms with Gasteiger partial charge >= 0.3 is 6.03 Å². The van der Waals surface area contributed by atoms with Gasteiger partial charge in [0.15, 0.2) is 0 Å². The first kappa shape index (κ1) is 24.6. The van der Waals surface area contributed by atoms with Gasteiger partial charge in [-0.3, -0.25) is 4.90 Å². The number of aryl methyl sites for hydroxylation is 2. The fraction of sp³-hybridized carbons (Fsp3) is 0.632. The number of hydrogen-bond donors (Lipinski definition) is 2. The van der Waals surface area contributed by atoms with Crippen molar-refractivity contribution >= 4 is 83.0 Å². The van der Waals surface area contributed by atoms with E-state index in [1.54, 1.807) is 4.90 Å². The molecule has 161 valence electrons. The van der Waals surface area contributed by atoms with Gasteiger partial charge < -0.3 is 5.32 Å². The summed E-state index contributed by atoms with van der Waals surface area (Å²) < 4.78 is 49.6. The molecule has 0 unspecified atom stereocenters. The quantitative estimate of drug-likeness (QED) is 0.572. The number of nitrogens with zero attached hydrogens (tertiary/aromatic N) is 1. The number of hydrogen-bond acceptors (Lipinski definition) is 6. The van der Waals surface area contributed by atoms with Crippen molar-refractivity contribution in [2.75, 3.05) is 37.0 Å². The van der Waals surface area contributed by atoms with Gasteiger partial charge in [0.25, 0.3) is 0 Å². The van der Waals surface area contributed by atoms with Crippen LogP contribution in [-0.2, 0) is 45.5 Å². The normalized spacial score (nSPS) is 18.8. The first-order valence-corrected chi connectivity index (χ1v) is 13.6. The number of fused-ring (bicyclic) bond motifs is 2. The molecule has 8 nitrogen and oxygen atoms in total. The second-order valence-electron chi connectivity index (χ2n) is 8.35. The van der Waals surface area contributed by atoms with Crippen molar-refractivity contribution < 1.29 is 21.6 Å². The third kappa shape index (κ3) is 5.48. The molecule has 1 aromatic carbocycles. The molecule has 1 aromatic rings. The number of nitrogens with one attached hydrogen (secondary N) is 2. The van der Waals surface area contributed by atoms with E-state index in [1.165, 1.54) is 11.1 Å². The smallest absolute Gasteiger partial charge is 0.307 e. The van der Waals surface area contributed by atoms with Crippen molar-refractivity contribution in [3.8, 4) is 0 Å². The minimum absolute atomic E-state index is 0. The van der Waals surface area contributed by atoms with Gasteiger partial charge in [-0.15, -0.1) is 0 Å². The Morgan fingerprint density at radius 3 is 2.13 bits per heavy atom. The Labute approximate surface area is 220 Å². The predicted octanol–water partition coefficient (Wildman–Crippen LogP) is 0.463. The SMILES string of the molecule is CS(=O)(=O)CCN1CC(S(=O)(=O)NC(=O)Nc2c3c(cc4c2CCC4)CCC3)C1.[K]. The molecular weight excluding hydrogens is 453 g/mol. The van der Waals surface area contributed by atoms with Crippen LogP contribution in [0.1, 0.15) is 35.1 Å². The number of amides is 2. The van der Waals surface area contributed by atoms with Gasteiger partial charge in [-0.25, -0.2) is 26.4 Å². The number of carbonyl (C=O) groups excluding carboxylic acids is 1. The Bertz CT molecular complexity index is 1020. The van der Waals surface area contributed by atoms with Crippen molar-refractivity contribution in [3.63, 3.8) is 0 Å². The fourth-order valence-corrected chi connectivity index (χ4v) is 6.40. The topological polar surface area (TPSA) is 113 Å². The Kier molecular flexibility index (Phi) is 7.77. The van der Waals surface area contributed by atoms with Crippen molar-refractivity contribution in [2.45, 2.75) is 43.8 Å². The van der Waals surface area contributed by atoms with Gasteiger partial charge in [0.2, 0.25) is 10.0 Å². The van der Waals surface area contributed by atoms with Gasteiger partial charge in [0.05, 0.1) is 5.75 Å². The van der Waals surface area contributed by atoms with Crippen LogP contribution in [0.3, 0.4) is 0 Å². The molecule has 1 radical (unpaired) electrons. The molecule has 0 saturated carbocycles. The molecule has 11 heteroatoms. The molecule has 0 aromatic heterocycles. The minimum Gasteiger partial charge on any atom is -0.307 e. The van der Waals surface area contributed by atoms with Crippen LogP contribution in [-0.4, -0.2) is 116 Å². The summed E-state index contributed by atoms with van der Waals surface area (Å²) in [5.74, 6) is -0.00207. The van der Waals surface area contributed by atoms with Crippen molar-refractivity contribution in [1.29, 1.82) is 0 Å². The zero-order chi connectivity index (χ0) is 20.8. The number of likely N-dealkylation sites (tertiary alicyclic amines) is 1. The van der Waals surface area contributed by atoms with E-state index in [2.05, 4.69) is 16.1 Å². The molecule has 3 aliphatic rings. The second kappa shape index (κ2) is 9.46. The summed E-state index contributed by atoms with van der Waals surface area (Å²) in [7, 11) is -6.89. The van der Waals surface area contributed by atoms with E-state index in [0.717, 1.165) is 61.6 Å². The number of urea groups is 1. The van der Waals surface area contributed by atoms with Crippen LogP contribution >= 0.6 is 0 Å². The van der Waals surface area contributed by atoms with E-state index >= 15 is 0 Å². The number of benzene rings is 1. The number of anilines is 1. The number of carbonyl (C=O) groups is 1. The Morgan fingerprint density at radius 1 is 1.03 bits per heavy atom. The van der Waals surface area contributed by atoms with Crippen LogP contribution in [0.4, 0.5) is 10.5 Å². The van der Waals surface area contributed by atoms with Gasteiger partial charge in [-0.2, -0.15) is 0 Å². The summed E-state index contributed by atoms with van der Waals surface area (Å²) >= 11 is 0. The standard InChI is InChI=1S/C19H27N3O5S2.K/c1-28(24,25)9-8-22-11-15(12-22)29(26,27)21-19(23)20-18-16-6-2-4-13(16)10-14-5-3-7-17(14)18;/h10,15H,2-9,11-12H2,1H3,(H2,20,21,23);. The van der Waals surface area contributed by atoms with E-state index in [1.807, 2.05) is 0 Å². The zero-order valence-corrected chi connectivity index (χ0v) is 22.3. The maximum atomic E-state index is 12.5. The first-order chi connectivity index (χ1) is 13.6. The van der Waals surface area contributed by atoms with Gasteiger partial charge in [-0.05, 0) is 60.8 Å².